The lowest BCUT2D eigenvalue weighted by Gasteiger charge is -2.21. The van der Waals surface area contributed by atoms with E-state index in [-0.39, 0.29) is 24.0 Å². The first kappa shape index (κ1) is 14.6. The fourth-order valence-electron chi connectivity index (χ4n) is 1.30. The first-order valence-corrected chi connectivity index (χ1v) is 6.88. The first-order chi connectivity index (χ1) is 7.15. The molecule has 0 radical (unpaired) electrons. The number of amides is 1. The van der Waals surface area contributed by atoms with Crippen molar-refractivity contribution in [1.29, 1.82) is 0 Å². The van der Waals surface area contributed by atoms with E-state index in [9.17, 15) is 9.00 Å². The van der Waals surface area contributed by atoms with E-state index in [1.807, 2.05) is 13.8 Å². The molecule has 0 aliphatic rings. The number of nitrogens with zero attached hydrogens (tertiary/aromatic N) is 1. The van der Waals surface area contributed by atoms with Gasteiger partial charge in [0.1, 0.15) is 5.75 Å². The third-order valence-corrected chi connectivity index (χ3v) is 3.15. The second-order valence-electron chi connectivity index (χ2n) is 3.39. The van der Waals surface area contributed by atoms with Crippen LogP contribution in [0.25, 0.3) is 0 Å². The third kappa shape index (κ3) is 6.62. The van der Waals surface area contributed by atoms with Crippen molar-refractivity contribution in [3.63, 3.8) is 0 Å². The number of aliphatic hydroxyl groups is 1. The summed E-state index contributed by atoms with van der Waals surface area (Å²) in [7, 11) is -1.22. The Balaban J connectivity index is 4.06. The van der Waals surface area contributed by atoms with Crippen molar-refractivity contribution < 1.29 is 14.1 Å². The first-order valence-electron chi connectivity index (χ1n) is 5.39. The third-order valence-electron chi connectivity index (χ3n) is 1.94. The molecule has 1 atom stereocenters. The van der Waals surface area contributed by atoms with Crippen LogP contribution in [-0.4, -0.2) is 51.3 Å². The Labute approximate surface area is 94.1 Å². The summed E-state index contributed by atoms with van der Waals surface area (Å²) in [6.45, 7) is 5.36. The van der Waals surface area contributed by atoms with Crippen molar-refractivity contribution in [2.45, 2.75) is 26.7 Å². The lowest BCUT2D eigenvalue weighted by atomic mass is 10.3. The molecule has 1 amide bonds. The molecule has 0 aromatic carbocycles. The van der Waals surface area contributed by atoms with Crippen molar-refractivity contribution in [2.75, 3.05) is 31.2 Å². The largest absolute Gasteiger partial charge is 0.395 e. The normalized spacial score (nSPS) is 12.5. The fourth-order valence-corrected chi connectivity index (χ4v) is 2.11. The lowest BCUT2D eigenvalue weighted by molar-refractivity contribution is -0.128. The van der Waals surface area contributed by atoms with Crippen LogP contribution in [0.3, 0.4) is 0 Å². The van der Waals surface area contributed by atoms with Gasteiger partial charge in [0, 0.05) is 29.6 Å². The van der Waals surface area contributed by atoms with Gasteiger partial charge in [-0.2, -0.15) is 0 Å². The van der Waals surface area contributed by atoms with Crippen LogP contribution in [0.1, 0.15) is 26.7 Å². The number of hydrogen-bond acceptors (Lipinski definition) is 3. The van der Waals surface area contributed by atoms with E-state index in [0.29, 0.717) is 0 Å². The van der Waals surface area contributed by atoms with Crippen molar-refractivity contribution in [3.05, 3.63) is 0 Å². The van der Waals surface area contributed by atoms with Crippen LogP contribution >= 0.6 is 0 Å². The maximum absolute atomic E-state index is 11.7. The van der Waals surface area contributed by atoms with Gasteiger partial charge in [-0.1, -0.05) is 13.8 Å². The molecule has 1 N–H and O–H groups in total. The summed E-state index contributed by atoms with van der Waals surface area (Å²) >= 11 is 0. The van der Waals surface area contributed by atoms with Gasteiger partial charge in [0.05, 0.1) is 6.61 Å². The molecular weight excluding hydrogens is 214 g/mol. The second-order valence-corrected chi connectivity index (χ2v) is 4.97. The second kappa shape index (κ2) is 8.85. The van der Waals surface area contributed by atoms with E-state index in [0.717, 1.165) is 25.9 Å². The highest BCUT2D eigenvalue weighted by molar-refractivity contribution is 7.85. The number of carbonyl (C=O) groups excluding carboxylic acids is 1. The number of aliphatic hydroxyl groups excluding tert-OH is 1. The summed E-state index contributed by atoms with van der Waals surface area (Å²) in [5.41, 5.74) is 0. The molecule has 0 saturated heterocycles. The molecule has 0 spiro atoms. The SMILES string of the molecule is CCCN(CCC)C(=O)CS(=O)CCO. The lowest BCUT2D eigenvalue weighted by Crippen LogP contribution is -2.36. The smallest absolute Gasteiger partial charge is 0.235 e. The van der Waals surface area contributed by atoms with Gasteiger partial charge in [-0.25, -0.2) is 0 Å². The molecule has 0 aromatic rings. The molecule has 0 bridgehead atoms. The number of rotatable bonds is 8. The Morgan fingerprint density at radius 2 is 1.80 bits per heavy atom. The Bertz CT molecular complexity index is 203. The minimum Gasteiger partial charge on any atom is -0.395 e. The van der Waals surface area contributed by atoms with Gasteiger partial charge in [0.25, 0.3) is 0 Å². The molecule has 0 aromatic heterocycles. The van der Waals surface area contributed by atoms with Crippen LogP contribution in [0.15, 0.2) is 0 Å². The van der Waals surface area contributed by atoms with Gasteiger partial charge in [0.15, 0.2) is 0 Å². The zero-order valence-electron chi connectivity index (χ0n) is 9.57. The summed E-state index contributed by atoms with van der Waals surface area (Å²) in [6.07, 6.45) is 1.83. The Morgan fingerprint density at radius 3 is 2.20 bits per heavy atom. The molecule has 90 valence electrons. The monoisotopic (exact) mass is 235 g/mol. The highest BCUT2D eigenvalue weighted by Crippen LogP contribution is 1.97. The van der Waals surface area contributed by atoms with Gasteiger partial charge in [-0.3, -0.25) is 9.00 Å². The molecule has 5 heteroatoms. The van der Waals surface area contributed by atoms with Crippen molar-refractivity contribution in [2.24, 2.45) is 0 Å². The quantitative estimate of drug-likeness (QED) is 0.661. The van der Waals surface area contributed by atoms with Crippen molar-refractivity contribution >= 4 is 16.7 Å². The van der Waals surface area contributed by atoms with Gasteiger partial charge < -0.3 is 10.0 Å². The van der Waals surface area contributed by atoms with Crippen LogP contribution < -0.4 is 0 Å². The highest BCUT2D eigenvalue weighted by Gasteiger charge is 2.14. The van der Waals surface area contributed by atoms with E-state index in [1.54, 1.807) is 4.90 Å². The van der Waals surface area contributed by atoms with Crippen LogP contribution in [0.5, 0.6) is 0 Å². The zero-order chi connectivity index (χ0) is 11.7. The number of hydrogen-bond donors (Lipinski definition) is 1. The number of carbonyl (C=O) groups is 1. The minimum atomic E-state index is -1.22. The summed E-state index contributed by atoms with van der Waals surface area (Å²) in [5, 5.41) is 8.58. The van der Waals surface area contributed by atoms with Crippen LogP contribution in [0, 0.1) is 0 Å². The van der Waals surface area contributed by atoms with E-state index in [2.05, 4.69) is 0 Å². The molecule has 0 aliphatic heterocycles. The van der Waals surface area contributed by atoms with Gasteiger partial charge >= 0.3 is 0 Å². The average molecular weight is 235 g/mol. The van der Waals surface area contributed by atoms with Crippen molar-refractivity contribution in [3.8, 4) is 0 Å². The zero-order valence-corrected chi connectivity index (χ0v) is 10.4. The Morgan fingerprint density at radius 1 is 1.27 bits per heavy atom. The average Bonchev–Trinajstić information content (AvgIpc) is 2.17. The van der Waals surface area contributed by atoms with Gasteiger partial charge in [0.2, 0.25) is 5.91 Å². The van der Waals surface area contributed by atoms with Crippen molar-refractivity contribution in [1.82, 2.24) is 4.90 Å². The predicted molar refractivity (Wildman–Crippen MR) is 62.1 cm³/mol. The van der Waals surface area contributed by atoms with Crippen LogP contribution in [0.4, 0.5) is 0 Å². The summed E-state index contributed by atoms with van der Waals surface area (Å²) < 4.78 is 11.3. The maximum Gasteiger partial charge on any atom is 0.235 e. The van der Waals surface area contributed by atoms with Crippen LogP contribution in [-0.2, 0) is 15.6 Å². The Kier molecular flexibility index (Phi) is 8.61. The van der Waals surface area contributed by atoms with E-state index in [1.165, 1.54) is 0 Å². The molecular formula is C10H21NO3S. The predicted octanol–water partition coefficient (Wildman–Crippen LogP) is 0.376. The molecule has 4 nitrogen and oxygen atoms in total. The van der Waals surface area contributed by atoms with E-state index >= 15 is 0 Å². The molecule has 15 heavy (non-hydrogen) atoms. The topological polar surface area (TPSA) is 57.6 Å². The molecule has 1 unspecified atom stereocenters. The van der Waals surface area contributed by atoms with Gasteiger partial charge in [-0.15, -0.1) is 0 Å². The minimum absolute atomic E-state index is 0.0422. The summed E-state index contributed by atoms with van der Waals surface area (Å²) in [6, 6.07) is 0. The summed E-state index contributed by atoms with van der Waals surface area (Å²) in [5.74, 6) is 0.170. The van der Waals surface area contributed by atoms with Gasteiger partial charge in [-0.05, 0) is 12.8 Å². The highest BCUT2D eigenvalue weighted by atomic mass is 32.2. The maximum atomic E-state index is 11.7. The standard InChI is InChI=1S/C10H21NO3S/c1-3-5-11(6-4-2)10(13)9-15(14)8-7-12/h12H,3-9H2,1-2H3. The molecule has 0 fully saturated rings. The summed E-state index contributed by atoms with van der Waals surface area (Å²) in [4.78, 5) is 13.4. The molecule has 0 aliphatic carbocycles. The molecule has 0 saturated carbocycles. The van der Waals surface area contributed by atoms with E-state index < -0.39 is 10.8 Å². The van der Waals surface area contributed by atoms with E-state index in [4.69, 9.17) is 5.11 Å². The fraction of sp³-hybridized carbons (Fsp3) is 0.900. The van der Waals surface area contributed by atoms with Crippen LogP contribution in [0.2, 0.25) is 0 Å². The molecule has 0 rings (SSSR count). The Hall–Kier alpha value is -0.420. The molecule has 0 heterocycles.